The van der Waals surface area contributed by atoms with E-state index in [-0.39, 0.29) is 12.1 Å². The second kappa shape index (κ2) is 6.94. The maximum atomic E-state index is 12.3. The van der Waals surface area contributed by atoms with Crippen LogP contribution in [0, 0.1) is 0 Å². The lowest BCUT2D eigenvalue weighted by molar-refractivity contribution is 0.128. The van der Waals surface area contributed by atoms with Crippen molar-refractivity contribution in [1.29, 1.82) is 0 Å². The highest BCUT2D eigenvalue weighted by molar-refractivity contribution is 5.92. The number of hydrogen-bond donors (Lipinski definition) is 3. The van der Waals surface area contributed by atoms with Gasteiger partial charge >= 0.3 is 12.1 Å². The van der Waals surface area contributed by atoms with Crippen molar-refractivity contribution in [3.63, 3.8) is 0 Å². The summed E-state index contributed by atoms with van der Waals surface area (Å²) in [5, 5.41) is 5.30. The summed E-state index contributed by atoms with van der Waals surface area (Å²) in [6.45, 7) is 1.26. The third-order valence-corrected chi connectivity index (χ3v) is 3.38. The molecule has 1 aromatic carbocycles. The summed E-state index contributed by atoms with van der Waals surface area (Å²) < 4.78 is 5.14. The summed E-state index contributed by atoms with van der Waals surface area (Å²) in [7, 11) is 1.63. The van der Waals surface area contributed by atoms with Crippen LogP contribution in [-0.4, -0.2) is 43.3 Å². The molecule has 1 atom stereocenters. The molecular weight excluding hydrogens is 272 g/mol. The molecule has 1 aromatic rings. The Bertz CT molecular complexity index is 521. The molecule has 1 heterocycles. The van der Waals surface area contributed by atoms with Gasteiger partial charge in [-0.1, -0.05) is 6.07 Å². The first-order chi connectivity index (χ1) is 10.1. The molecule has 7 nitrogen and oxygen atoms in total. The van der Waals surface area contributed by atoms with Crippen molar-refractivity contribution in [1.82, 2.24) is 4.90 Å². The van der Waals surface area contributed by atoms with Crippen LogP contribution in [0.5, 0.6) is 0 Å². The van der Waals surface area contributed by atoms with Crippen LogP contribution < -0.4 is 16.4 Å². The highest BCUT2D eigenvalue weighted by Gasteiger charge is 2.28. The van der Waals surface area contributed by atoms with Gasteiger partial charge in [-0.15, -0.1) is 0 Å². The molecule has 0 aromatic heterocycles. The van der Waals surface area contributed by atoms with Crippen molar-refractivity contribution >= 4 is 23.4 Å². The number of nitrogens with two attached hydrogens (primary N) is 1. The van der Waals surface area contributed by atoms with E-state index in [2.05, 4.69) is 10.6 Å². The van der Waals surface area contributed by atoms with Crippen molar-refractivity contribution in [2.45, 2.75) is 18.9 Å². The van der Waals surface area contributed by atoms with Gasteiger partial charge in [-0.3, -0.25) is 0 Å². The molecule has 1 aliphatic heterocycles. The highest BCUT2D eigenvalue weighted by atomic mass is 16.5. The maximum Gasteiger partial charge on any atom is 0.322 e. The van der Waals surface area contributed by atoms with E-state index in [1.165, 1.54) is 0 Å². The second-order valence-corrected chi connectivity index (χ2v) is 4.94. The molecule has 1 aliphatic rings. The fourth-order valence-electron chi connectivity index (χ4n) is 2.48. The number of likely N-dealkylation sites (tertiary alicyclic amines) is 1. The van der Waals surface area contributed by atoms with Gasteiger partial charge in [0.05, 0.1) is 12.6 Å². The van der Waals surface area contributed by atoms with Crippen LogP contribution in [0.15, 0.2) is 24.3 Å². The standard InChI is InChI=1S/C14H20N4O3/c1-21-9-12-6-3-7-18(12)14(20)17-11-5-2-4-10(8-11)16-13(15)19/h2,4-5,8,12H,3,6-7,9H2,1H3,(H,17,20)(H3,15,16,19)/t12-/m0/s1. The van der Waals surface area contributed by atoms with Gasteiger partial charge in [0.15, 0.2) is 0 Å². The minimum atomic E-state index is -0.641. The fraction of sp³-hybridized carbons (Fsp3) is 0.429. The Labute approximate surface area is 123 Å². The van der Waals surface area contributed by atoms with Crippen molar-refractivity contribution in [2.75, 3.05) is 30.9 Å². The van der Waals surface area contributed by atoms with Crippen LogP contribution in [0.3, 0.4) is 0 Å². The number of benzene rings is 1. The van der Waals surface area contributed by atoms with Gasteiger partial charge in [-0.25, -0.2) is 9.59 Å². The van der Waals surface area contributed by atoms with E-state index in [9.17, 15) is 9.59 Å². The predicted molar refractivity (Wildman–Crippen MR) is 80.3 cm³/mol. The van der Waals surface area contributed by atoms with Crippen molar-refractivity contribution in [3.8, 4) is 0 Å². The van der Waals surface area contributed by atoms with Crippen LogP contribution in [-0.2, 0) is 4.74 Å². The summed E-state index contributed by atoms with van der Waals surface area (Å²) in [6, 6.07) is 6.16. The highest BCUT2D eigenvalue weighted by Crippen LogP contribution is 2.20. The lowest BCUT2D eigenvalue weighted by Crippen LogP contribution is -2.40. The smallest absolute Gasteiger partial charge is 0.322 e. The molecule has 0 unspecified atom stereocenters. The zero-order chi connectivity index (χ0) is 15.2. The van der Waals surface area contributed by atoms with Gasteiger partial charge in [0.25, 0.3) is 0 Å². The van der Waals surface area contributed by atoms with Gasteiger partial charge in [0, 0.05) is 25.0 Å². The van der Waals surface area contributed by atoms with Crippen molar-refractivity contribution < 1.29 is 14.3 Å². The number of nitrogens with zero attached hydrogens (tertiary/aromatic N) is 1. The number of hydrogen-bond acceptors (Lipinski definition) is 3. The topological polar surface area (TPSA) is 96.7 Å². The summed E-state index contributed by atoms with van der Waals surface area (Å²) in [5.41, 5.74) is 6.21. The maximum absolute atomic E-state index is 12.3. The molecule has 7 heteroatoms. The Balaban J connectivity index is 2.00. The molecule has 0 radical (unpaired) electrons. The van der Waals surface area contributed by atoms with Crippen LogP contribution >= 0.6 is 0 Å². The molecule has 0 saturated carbocycles. The zero-order valence-electron chi connectivity index (χ0n) is 12.0. The summed E-state index contributed by atoms with van der Waals surface area (Å²) >= 11 is 0. The van der Waals surface area contributed by atoms with E-state index in [0.717, 1.165) is 19.4 Å². The van der Waals surface area contributed by atoms with Gasteiger partial charge < -0.3 is 26.0 Å². The van der Waals surface area contributed by atoms with Crippen LogP contribution in [0.25, 0.3) is 0 Å². The molecular formula is C14H20N4O3. The second-order valence-electron chi connectivity index (χ2n) is 4.94. The molecule has 0 aliphatic carbocycles. The Kier molecular flexibility index (Phi) is 4.99. The van der Waals surface area contributed by atoms with Gasteiger partial charge in [0.2, 0.25) is 0 Å². The van der Waals surface area contributed by atoms with Crippen LogP contribution in [0.1, 0.15) is 12.8 Å². The van der Waals surface area contributed by atoms with E-state index >= 15 is 0 Å². The number of ether oxygens (including phenoxy) is 1. The summed E-state index contributed by atoms with van der Waals surface area (Å²) in [6.07, 6.45) is 1.93. The lowest BCUT2D eigenvalue weighted by atomic mass is 10.2. The SMILES string of the molecule is COC[C@@H]1CCCN1C(=O)Nc1cccc(NC(N)=O)c1. The molecule has 1 saturated heterocycles. The number of rotatable bonds is 4. The number of carbonyl (C=O) groups excluding carboxylic acids is 2. The van der Waals surface area contributed by atoms with Crippen molar-refractivity contribution in [2.24, 2.45) is 5.73 Å². The first-order valence-corrected chi connectivity index (χ1v) is 6.83. The van der Waals surface area contributed by atoms with E-state index in [1.54, 1.807) is 36.3 Å². The summed E-state index contributed by atoms with van der Waals surface area (Å²) in [5.74, 6) is 0. The number of nitrogens with one attached hydrogen (secondary N) is 2. The van der Waals surface area contributed by atoms with E-state index < -0.39 is 6.03 Å². The van der Waals surface area contributed by atoms with Crippen LogP contribution in [0.2, 0.25) is 0 Å². The molecule has 4 N–H and O–H groups in total. The molecule has 4 amide bonds. The minimum Gasteiger partial charge on any atom is -0.383 e. The molecule has 21 heavy (non-hydrogen) atoms. The first-order valence-electron chi connectivity index (χ1n) is 6.83. The minimum absolute atomic E-state index is 0.113. The number of amides is 4. The normalized spacial score (nSPS) is 17.6. The average molecular weight is 292 g/mol. The Morgan fingerprint density at radius 1 is 1.38 bits per heavy atom. The molecule has 114 valence electrons. The number of urea groups is 2. The molecule has 0 bridgehead atoms. The summed E-state index contributed by atoms with van der Waals surface area (Å²) in [4.78, 5) is 24.9. The Morgan fingerprint density at radius 2 is 2.10 bits per heavy atom. The number of anilines is 2. The monoisotopic (exact) mass is 292 g/mol. The average Bonchev–Trinajstić information content (AvgIpc) is 2.87. The zero-order valence-corrected chi connectivity index (χ0v) is 12.0. The molecule has 2 rings (SSSR count). The first kappa shape index (κ1) is 15.1. The lowest BCUT2D eigenvalue weighted by Gasteiger charge is -2.24. The Morgan fingerprint density at radius 3 is 2.76 bits per heavy atom. The number of carbonyl (C=O) groups is 2. The molecule has 0 spiro atoms. The van der Waals surface area contributed by atoms with E-state index in [4.69, 9.17) is 10.5 Å². The fourth-order valence-corrected chi connectivity index (χ4v) is 2.48. The van der Waals surface area contributed by atoms with E-state index in [1.807, 2.05) is 0 Å². The molecule has 1 fully saturated rings. The Hall–Kier alpha value is -2.28. The number of primary amides is 1. The number of methoxy groups -OCH3 is 1. The quantitative estimate of drug-likeness (QED) is 0.789. The van der Waals surface area contributed by atoms with Crippen molar-refractivity contribution in [3.05, 3.63) is 24.3 Å². The van der Waals surface area contributed by atoms with Gasteiger partial charge in [0.1, 0.15) is 0 Å². The van der Waals surface area contributed by atoms with Crippen LogP contribution in [0.4, 0.5) is 21.0 Å². The van der Waals surface area contributed by atoms with Gasteiger partial charge in [-0.05, 0) is 31.0 Å². The largest absolute Gasteiger partial charge is 0.383 e. The predicted octanol–water partition coefficient (Wildman–Crippen LogP) is 1.82. The third-order valence-electron chi connectivity index (χ3n) is 3.38. The van der Waals surface area contributed by atoms with Gasteiger partial charge in [-0.2, -0.15) is 0 Å². The van der Waals surface area contributed by atoms with E-state index in [0.29, 0.717) is 18.0 Å². The third kappa shape index (κ3) is 4.09.